The molecule has 0 aliphatic rings. The summed E-state index contributed by atoms with van der Waals surface area (Å²) >= 11 is 0. The number of aryl methyl sites for hydroxylation is 1. The molecule has 0 aliphatic carbocycles. The minimum atomic E-state index is -1.08. The maximum absolute atomic E-state index is 12.1. The van der Waals surface area contributed by atoms with Crippen molar-refractivity contribution in [2.45, 2.75) is 32.8 Å². The zero-order valence-electron chi connectivity index (χ0n) is 15.7. The highest BCUT2D eigenvalue weighted by Crippen LogP contribution is 2.23. The Morgan fingerprint density at radius 3 is 2.50 bits per heavy atom. The fourth-order valence-corrected chi connectivity index (χ4v) is 2.32. The number of carbonyl (C=O) groups excluding carboxylic acids is 2. The van der Waals surface area contributed by atoms with Crippen molar-refractivity contribution in [3.63, 3.8) is 0 Å². The Hall–Kier alpha value is -3.42. The predicted molar refractivity (Wildman–Crippen MR) is 103 cm³/mol. The number of hydrogen-bond donors (Lipinski definition) is 1. The largest absolute Gasteiger partial charge is 0.494 e. The Bertz CT molecular complexity index is 835. The molecule has 28 heavy (non-hydrogen) atoms. The van der Waals surface area contributed by atoms with Crippen LogP contribution >= 0.6 is 0 Å². The lowest BCUT2D eigenvalue weighted by atomic mass is 10.2. The molecule has 0 saturated heterocycles. The van der Waals surface area contributed by atoms with Crippen LogP contribution in [0.15, 0.2) is 48.5 Å². The second-order valence-electron chi connectivity index (χ2n) is 6.16. The number of anilines is 1. The van der Waals surface area contributed by atoms with E-state index >= 15 is 0 Å². The first-order valence-electron chi connectivity index (χ1n) is 8.80. The van der Waals surface area contributed by atoms with Crippen LogP contribution in [0.3, 0.4) is 0 Å². The van der Waals surface area contributed by atoms with Crippen LogP contribution in [0.5, 0.6) is 5.75 Å². The fourth-order valence-electron chi connectivity index (χ4n) is 2.32. The van der Waals surface area contributed by atoms with E-state index in [4.69, 9.17) is 9.47 Å². The number of amides is 1. The molecule has 8 nitrogen and oxygen atoms in total. The molecule has 1 N–H and O–H groups in total. The standard InChI is InChI=1S/C20H22N2O6/c1-14-9-11-16(12-10-14)27-13-5-8-19(23)28-15(2)20(24)21-17-6-3-4-7-18(17)22(25)26/h3-4,6-7,9-12,15H,5,8,13H2,1-2H3,(H,21,24). The van der Waals surface area contributed by atoms with Crippen molar-refractivity contribution in [2.24, 2.45) is 0 Å². The molecule has 0 aromatic heterocycles. The minimum Gasteiger partial charge on any atom is -0.494 e. The summed E-state index contributed by atoms with van der Waals surface area (Å²) in [6, 6.07) is 13.3. The van der Waals surface area contributed by atoms with Gasteiger partial charge in [-0.15, -0.1) is 0 Å². The average molecular weight is 386 g/mol. The Morgan fingerprint density at radius 2 is 1.82 bits per heavy atom. The van der Waals surface area contributed by atoms with Gasteiger partial charge in [-0.2, -0.15) is 0 Å². The van der Waals surface area contributed by atoms with E-state index in [1.807, 2.05) is 31.2 Å². The molecule has 0 spiro atoms. The zero-order valence-corrected chi connectivity index (χ0v) is 15.7. The summed E-state index contributed by atoms with van der Waals surface area (Å²) in [7, 11) is 0. The Labute approximate surface area is 162 Å². The summed E-state index contributed by atoms with van der Waals surface area (Å²) in [5, 5.41) is 13.4. The number of para-hydroxylation sites is 2. The van der Waals surface area contributed by atoms with Gasteiger partial charge in [0.25, 0.3) is 11.6 Å². The smallest absolute Gasteiger partial charge is 0.306 e. The van der Waals surface area contributed by atoms with Crippen LogP contribution in [0.2, 0.25) is 0 Å². The fraction of sp³-hybridized carbons (Fsp3) is 0.300. The topological polar surface area (TPSA) is 108 Å². The van der Waals surface area contributed by atoms with E-state index in [-0.39, 0.29) is 17.8 Å². The number of nitro benzene ring substituents is 1. The number of nitrogens with zero attached hydrogens (tertiary/aromatic N) is 1. The van der Waals surface area contributed by atoms with Crippen LogP contribution < -0.4 is 10.1 Å². The quantitative estimate of drug-likeness (QED) is 0.305. The van der Waals surface area contributed by atoms with Crippen LogP contribution in [-0.4, -0.2) is 29.5 Å². The van der Waals surface area contributed by atoms with Crippen LogP contribution in [0.1, 0.15) is 25.3 Å². The highest BCUT2D eigenvalue weighted by atomic mass is 16.6. The Balaban J connectivity index is 1.74. The van der Waals surface area contributed by atoms with Gasteiger partial charge in [0, 0.05) is 12.5 Å². The number of esters is 1. The molecule has 0 aliphatic heterocycles. The SMILES string of the molecule is Cc1ccc(OCCCC(=O)OC(C)C(=O)Nc2ccccc2[N+](=O)[O-])cc1. The normalized spacial score (nSPS) is 11.4. The summed E-state index contributed by atoms with van der Waals surface area (Å²) in [5.41, 5.74) is 0.943. The average Bonchev–Trinajstić information content (AvgIpc) is 2.66. The molecular formula is C20H22N2O6. The molecule has 0 saturated carbocycles. The molecule has 1 unspecified atom stereocenters. The summed E-state index contributed by atoms with van der Waals surface area (Å²) in [4.78, 5) is 34.4. The number of hydrogen-bond acceptors (Lipinski definition) is 6. The molecule has 2 aromatic carbocycles. The predicted octanol–water partition coefficient (Wildman–Crippen LogP) is 3.63. The van der Waals surface area contributed by atoms with Gasteiger partial charge >= 0.3 is 5.97 Å². The van der Waals surface area contributed by atoms with Crippen molar-refractivity contribution in [3.05, 3.63) is 64.2 Å². The van der Waals surface area contributed by atoms with Gasteiger partial charge in [-0.05, 0) is 38.5 Å². The third-order valence-corrected chi connectivity index (χ3v) is 3.85. The number of nitro groups is 1. The van der Waals surface area contributed by atoms with Gasteiger partial charge in [0.1, 0.15) is 11.4 Å². The van der Waals surface area contributed by atoms with E-state index in [9.17, 15) is 19.7 Å². The number of carbonyl (C=O) groups is 2. The number of rotatable bonds is 9. The molecule has 148 valence electrons. The van der Waals surface area contributed by atoms with Gasteiger partial charge in [0.15, 0.2) is 6.10 Å². The maximum atomic E-state index is 12.1. The van der Waals surface area contributed by atoms with Crippen molar-refractivity contribution in [3.8, 4) is 5.75 Å². The minimum absolute atomic E-state index is 0.0481. The molecule has 8 heteroatoms. The third kappa shape index (κ3) is 6.39. The van der Waals surface area contributed by atoms with E-state index < -0.39 is 22.9 Å². The highest BCUT2D eigenvalue weighted by molar-refractivity contribution is 5.96. The van der Waals surface area contributed by atoms with E-state index in [0.717, 1.165) is 11.3 Å². The van der Waals surface area contributed by atoms with Crippen LogP contribution in [0.4, 0.5) is 11.4 Å². The molecular weight excluding hydrogens is 364 g/mol. The molecule has 0 bridgehead atoms. The van der Waals surface area contributed by atoms with Crippen molar-refractivity contribution in [1.82, 2.24) is 0 Å². The van der Waals surface area contributed by atoms with E-state index in [1.54, 1.807) is 6.07 Å². The zero-order chi connectivity index (χ0) is 20.5. The Morgan fingerprint density at radius 1 is 1.14 bits per heavy atom. The molecule has 1 amide bonds. The second-order valence-corrected chi connectivity index (χ2v) is 6.16. The number of ether oxygens (including phenoxy) is 2. The highest BCUT2D eigenvalue weighted by Gasteiger charge is 2.21. The summed E-state index contributed by atoms with van der Waals surface area (Å²) in [6.45, 7) is 3.73. The lowest BCUT2D eigenvalue weighted by Crippen LogP contribution is -2.30. The first kappa shape index (κ1) is 20.9. The summed E-state index contributed by atoms with van der Waals surface area (Å²) < 4.78 is 10.6. The molecule has 0 heterocycles. The maximum Gasteiger partial charge on any atom is 0.306 e. The molecule has 0 radical (unpaired) electrons. The van der Waals surface area contributed by atoms with Crippen molar-refractivity contribution in [2.75, 3.05) is 11.9 Å². The number of benzene rings is 2. The van der Waals surface area contributed by atoms with Gasteiger partial charge in [0.2, 0.25) is 0 Å². The van der Waals surface area contributed by atoms with Crippen LogP contribution in [0.25, 0.3) is 0 Å². The lowest BCUT2D eigenvalue weighted by molar-refractivity contribution is -0.383. The van der Waals surface area contributed by atoms with Crippen molar-refractivity contribution in [1.29, 1.82) is 0 Å². The molecule has 2 rings (SSSR count). The van der Waals surface area contributed by atoms with Crippen LogP contribution in [-0.2, 0) is 14.3 Å². The summed E-state index contributed by atoms with van der Waals surface area (Å²) in [6.07, 6.45) is -0.550. The van der Waals surface area contributed by atoms with Crippen molar-refractivity contribution >= 4 is 23.3 Å². The Kier molecular flexibility index (Phi) is 7.50. The number of nitrogens with one attached hydrogen (secondary N) is 1. The third-order valence-electron chi connectivity index (χ3n) is 3.85. The van der Waals surface area contributed by atoms with E-state index in [0.29, 0.717) is 13.0 Å². The van der Waals surface area contributed by atoms with Gasteiger partial charge in [-0.25, -0.2) is 0 Å². The first-order chi connectivity index (χ1) is 13.4. The van der Waals surface area contributed by atoms with Crippen LogP contribution in [0, 0.1) is 17.0 Å². The van der Waals surface area contributed by atoms with Crippen molar-refractivity contribution < 1.29 is 24.0 Å². The van der Waals surface area contributed by atoms with E-state index in [1.165, 1.54) is 25.1 Å². The molecule has 0 fully saturated rings. The molecule has 1 atom stereocenters. The van der Waals surface area contributed by atoms with Gasteiger partial charge in [-0.3, -0.25) is 19.7 Å². The van der Waals surface area contributed by atoms with E-state index in [2.05, 4.69) is 5.32 Å². The summed E-state index contributed by atoms with van der Waals surface area (Å²) in [5.74, 6) is -0.465. The van der Waals surface area contributed by atoms with Gasteiger partial charge < -0.3 is 14.8 Å². The lowest BCUT2D eigenvalue weighted by Gasteiger charge is -2.13. The molecule has 2 aromatic rings. The monoisotopic (exact) mass is 386 g/mol. The first-order valence-corrected chi connectivity index (χ1v) is 8.80. The van der Waals surface area contributed by atoms with Gasteiger partial charge in [0.05, 0.1) is 11.5 Å². The second kappa shape index (κ2) is 10.1. The van der Waals surface area contributed by atoms with Gasteiger partial charge in [-0.1, -0.05) is 29.8 Å².